The highest BCUT2D eigenvalue weighted by Crippen LogP contribution is 2.22. The smallest absolute Gasteiger partial charge is 0.273 e. The first-order chi connectivity index (χ1) is 9.13. The molecule has 0 aromatic heterocycles. The molecule has 1 fully saturated rings. The number of benzene rings is 1. The fraction of sp³-hybridized carbons (Fsp3) is 0.462. The standard InChI is InChI=1S/C13H16N2O4/c16-9-11-5-3-7-14(11)13(17)8-10-4-1-2-6-12(10)15(18)19/h1-2,4,6,11,16H,3,5,7-9H2. The van der Waals surface area contributed by atoms with Crippen LogP contribution in [0.15, 0.2) is 24.3 Å². The van der Waals surface area contributed by atoms with E-state index in [0.29, 0.717) is 12.1 Å². The van der Waals surface area contributed by atoms with Crippen LogP contribution < -0.4 is 0 Å². The van der Waals surface area contributed by atoms with E-state index in [-0.39, 0.29) is 30.7 Å². The fourth-order valence-corrected chi connectivity index (χ4v) is 2.46. The maximum Gasteiger partial charge on any atom is 0.273 e. The van der Waals surface area contributed by atoms with Crippen molar-refractivity contribution in [1.29, 1.82) is 0 Å². The summed E-state index contributed by atoms with van der Waals surface area (Å²) in [5, 5.41) is 20.1. The summed E-state index contributed by atoms with van der Waals surface area (Å²) in [6.45, 7) is 0.563. The first-order valence-electron chi connectivity index (χ1n) is 6.26. The van der Waals surface area contributed by atoms with E-state index in [1.807, 2.05) is 0 Å². The van der Waals surface area contributed by atoms with E-state index < -0.39 is 4.92 Å². The monoisotopic (exact) mass is 264 g/mol. The molecule has 0 aliphatic carbocycles. The number of nitrogens with zero attached hydrogens (tertiary/aromatic N) is 2. The van der Waals surface area contributed by atoms with Crippen LogP contribution in [0.4, 0.5) is 5.69 Å². The summed E-state index contributed by atoms with van der Waals surface area (Å²) in [6.07, 6.45) is 1.67. The van der Waals surface area contributed by atoms with Crippen LogP contribution >= 0.6 is 0 Å². The molecular formula is C13H16N2O4. The minimum atomic E-state index is -0.476. The van der Waals surface area contributed by atoms with Gasteiger partial charge < -0.3 is 10.0 Å². The van der Waals surface area contributed by atoms with Crippen LogP contribution in [0.25, 0.3) is 0 Å². The lowest BCUT2D eigenvalue weighted by atomic mass is 10.1. The molecule has 1 aromatic carbocycles. The zero-order valence-electron chi connectivity index (χ0n) is 10.5. The Bertz CT molecular complexity index is 489. The number of aliphatic hydroxyl groups excluding tert-OH is 1. The third-order valence-electron chi connectivity index (χ3n) is 3.44. The molecule has 0 saturated carbocycles. The molecule has 1 aliphatic heterocycles. The van der Waals surface area contributed by atoms with Crippen LogP contribution in [0.3, 0.4) is 0 Å². The Balaban J connectivity index is 2.13. The molecule has 1 N–H and O–H groups in total. The number of amides is 1. The van der Waals surface area contributed by atoms with Crippen molar-refractivity contribution in [2.45, 2.75) is 25.3 Å². The number of rotatable bonds is 4. The van der Waals surface area contributed by atoms with Crippen LogP contribution in [0.5, 0.6) is 0 Å². The molecule has 1 atom stereocenters. The van der Waals surface area contributed by atoms with Gasteiger partial charge >= 0.3 is 0 Å². The molecule has 6 nitrogen and oxygen atoms in total. The summed E-state index contributed by atoms with van der Waals surface area (Å²) >= 11 is 0. The van der Waals surface area contributed by atoms with Gasteiger partial charge in [-0.25, -0.2) is 0 Å². The van der Waals surface area contributed by atoms with Crippen LogP contribution in [0.1, 0.15) is 18.4 Å². The van der Waals surface area contributed by atoms with Gasteiger partial charge in [-0.3, -0.25) is 14.9 Å². The summed E-state index contributed by atoms with van der Waals surface area (Å²) in [4.78, 5) is 24.2. The van der Waals surface area contributed by atoms with Gasteiger partial charge in [0.15, 0.2) is 0 Å². The van der Waals surface area contributed by atoms with E-state index in [1.165, 1.54) is 6.07 Å². The van der Waals surface area contributed by atoms with Gasteiger partial charge in [0, 0.05) is 18.2 Å². The number of carbonyl (C=O) groups is 1. The second kappa shape index (κ2) is 5.79. The van der Waals surface area contributed by atoms with Crippen LogP contribution in [-0.4, -0.2) is 40.0 Å². The number of nitro groups is 1. The summed E-state index contributed by atoms with van der Waals surface area (Å²) in [5.74, 6) is -0.161. The topological polar surface area (TPSA) is 83.7 Å². The quantitative estimate of drug-likeness (QED) is 0.652. The number of para-hydroxylation sites is 1. The van der Waals surface area contributed by atoms with E-state index in [9.17, 15) is 20.0 Å². The van der Waals surface area contributed by atoms with Crippen molar-refractivity contribution in [2.24, 2.45) is 0 Å². The average Bonchev–Trinajstić information content (AvgIpc) is 2.87. The van der Waals surface area contributed by atoms with E-state index in [0.717, 1.165) is 12.8 Å². The summed E-state index contributed by atoms with van der Waals surface area (Å²) in [6, 6.07) is 6.12. The zero-order chi connectivity index (χ0) is 13.8. The van der Waals surface area contributed by atoms with Crippen molar-refractivity contribution < 1.29 is 14.8 Å². The van der Waals surface area contributed by atoms with Crippen molar-refractivity contribution in [1.82, 2.24) is 4.90 Å². The second-order valence-corrected chi connectivity index (χ2v) is 4.63. The van der Waals surface area contributed by atoms with Gasteiger partial charge in [-0.05, 0) is 12.8 Å². The molecule has 6 heteroatoms. The second-order valence-electron chi connectivity index (χ2n) is 4.63. The molecule has 0 radical (unpaired) electrons. The Kier molecular flexibility index (Phi) is 4.11. The highest BCUT2D eigenvalue weighted by Gasteiger charge is 2.29. The number of likely N-dealkylation sites (tertiary alicyclic amines) is 1. The summed E-state index contributed by atoms with van der Waals surface area (Å²) < 4.78 is 0. The van der Waals surface area contributed by atoms with Crippen LogP contribution in [0.2, 0.25) is 0 Å². The number of hydrogen-bond acceptors (Lipinski definition) is 4. The maximum absolute atomic E-state index is 12.2. The Labute approximate surface area is 110 Å². The Hall–Kier alpha value is -1.95. The molecule has 1 amide bonds. The van der Waals surface area contributed by atoms with Gasteiger partial charge in [-0.15, -0.1) is 0 Å². The largest absolute Gasteiger partial charge is 0.394 e. The van der Waals surface area contributed by atoms with Gasteiger partial charge in [0.1, 0.15) is 0 Å². The van der Waals surface area contributed by atoms with Crippen molar-refractivity contribution in [3.05, 3.63) is 39.9 Å². The lowest BCUT2D eigenvalue weighted by Gasteiger charge is -2.22. The lowest BCUT2D eigenvalue weighted by molar-refractivity contribution is -0.385. The minimum Gasteiger partial charge on any atom is -0.394 e. The van der Waals surface area contributed by atoms with E-state index in [2.05, 4.69) is 0 Å². The molecule has 1 aromatic rings. The first kappa shape index (κ1) is 13.5. The van der Waals surface area contributed by atoms with Gasteiger partial charge in [0.05, 0.1) is 24.0 Å². The molecule has 1 saturated heterocycles. The maximum atomic E-state index is 12.2. The molecular weight excluding hydrogens is 248 g/mol. The number of nitro benzene ring substituents is 1. The summed E-state index contributed by atoms with van der Waals surface area (Å²) in [7, 11) is 0. The Morgan fingerprint density at radius 2 is 2.21 bits per heavy atom. The Morgan fingerprint density at radius 3 is 2.89 bits per heavy atom. The van der Waals surface area contributed by atoms with Gasteiger partial charge in [-0.2, -0.15) is 0 Å². The normalized spacial score (nSPS) is 18.6. The van der Waals surface area contributed by atoms with Gasteiger partial charge in [0.25, 0.3) is 5.69 Å². The average molecular weight is 264 g/mol. The first-order valence-corrected chi connectivity index (χ1v) is 6.26. The third kappa shape index (κ3) is 2.90. The number of carbonyl (C=O) groups excluding carboxylic acids is 1. The van der Waals surface area contributed by atoms with E-state index >= 15 is 0 Å². The highest BCUT2D eigenvalue weighted by molar-refractivity contribution is 5.80. The van der Waals surface area contributed by atoms with Crippen molar-refractivity contribution in [2.75, 3.05) is 13.2 Å². The minimum absolute atomic E-state index is 0.00759. The third-order valence-corrected chi connectivity index (χ3v) is 3.44. The molecule has 2 rings (SSSR count). The predicted octanol–water partition coefficient (Wildman–Crippen LogP) is 1.12. The van der Waals surface area contributed by atoms with Crippen LogP contribution in [-0.2, 0) is 11.2 Å². The van der Waals surface area contributed by atoms with Gasteiger partial charge in [-0.1, -0.05) is 18.2 Å². The van der Waals surface area contributed by atoms with E-state index in [4.69, 9.17) is 0 Å². The molecule has 1 unspecified atom stereocenters. The van der Waals surface area contributed by atoms with Crippen molar-refractivity contribution in [3.63, 3.8) is 0 Å². The molecule has 19 heavy (non-hydrogen) atoms. The fourth-order valence-electron chi connectivity index (χ4n) is 2.46. The number of hydrogen-bond donors (Lipinski definition) is 1. The lowest BCUT2D eigenvalue weighted by Crippen LogP contribution is -2.38. The van der Waals surface area contributed by atoms with Gasteiger partial charge in [0.2, 0.25) is 5.91 Å². The predicted molar refractivity (Wildman–Crippen MR) is 68.6 cm³/mol. The highest BCUT2D eigenvalue weighted by atomic mass is 16.6. The van der Waals surface area contributed by atoms with Crippen molar-refractivity contribution in [3.8, 4) is 0 Å². The number of aliphatic hydroxyl groups is 1. The SMILES string of the molecule is O=C(Cc1ccccc1[N+](=O)[O-])N1CCCC1CO. The Morgan fingerprint density at radius 1 is 1.47 bits per heavy atom. The van der Waals surface area contributed by atoms with E-state index in [1.54, 1.807) is 23.1 Å². The zero-order valence-corrected chi connectivity index (χ0v) is 10.5. The van der Waals surface area contributed by atoms with Crippen LogP contribution in [0, 0.1) is 10.1 Å². The molecule has 1 heterocycles. The molecule has 0 bridgehead atoms. The molecule has 102 valence electrons. The summed E-state index contributed by atoms with van der Waals surface area (Å²) in [5.41, 5.74) is 0.386. The molecule has 1 aliphatic rings. The molecule has 0 spiro atoms. The van der Waals surface area contributed by atoms with Crippen molar-refractivity contribution >= 4 is 11.6 Å².